The zero-order valence-corrected chi connectivity index (χ0v) is 18.9. The monoisotopic (exact) mass is 476 g/mol. The van der Waals surface area contributed by atoms with E-state index in [-0.39, 0.29) is 17.7 Å². The van der Waals surface area contributed by atoms with E-state index in [2.05, 4.69) is 10.3 Å². The molecular formula is C26H25FN4O4. The van der Waals surface area contributed by atoms with Crippen molar-refractivity contribution in [1.82, 2.24) is 9.88 Å². The van der Waals surface area contributed by atoms with Gasteiger partial charge in [0.05, 0.1) is 12.1 Å². The molecule has 1 aliphatic rings. The van der Waals surface area contributed by atoms with E-state index >= 15 is 0 Å². The lowest BCUT2D eigenvalue weighted by Gasteiger charge is -2.28. The van der Waals surface area contributed by atoms with Gasteiger partial charge in [0.25, 0.3) is 0 Å². The summed E-state index contributed by atoms with van der Waals surface area (Å²) in [6.45, 7) is 0.550. The molecule has 35 heavy (non-hydrogen) atoms. The summed E-state index contributed by atoms with van der Waals surface area (Å²) in [4.78, 5) is 42.7. The Morgan fingerprint density at radius 2 is 1.80 bits per heavy atom. The molecule has 0 aliphatic carbocycles. The Balaban J connectivity index is 1.46. The summed E-state index contributed by atoms with van der Waals surface area (Å²) < 4.78 is 13.2. The van der Waals surface area contributed by atoms with Gasteiger partial charge in [0, 0.05) is 35.8 Å². The molecule has 0 spiro atoms. The van der Waals surface area contributed by atoms with Gasteiger partial charge in [-0.2, -0.15) is 0 Å². The maximum absolute atomic E-state index is 13.2. The second-order valence-electron chi connectivity index (χ2n) is 8.47. The van der Waals surface area contributed by atoms with Crippen molar-refractivity contribution in [3.63, 3.8) is 0 Å². The van der Waals surface area contributed by atoms with Crippen LogP contribution in [0.3, 0.4) is 0 Å². The number of nitrogens with zero attached hydrogens (tertiary/aromatic N) is 2. The first-order valence-corrected chi connectivity index (χ1v) is 11.2. The van der Waals surface area contributed by atoms with E-state index in [1.165, 1.54) is 30.5 Å². The predicted octanol–water partition coefficient (Wildman–Crippen LogP) is 3.78. The van der Waals surface area contributed by atoms with Gasteiger partial charge in [0.2, 0.25) is 5.91 Å². The highest BCUT2D eigenvalue weighted by Gasteiger charge is 2.33. The van der Waals surface area contributed by atoms with Crippen LogP contribution in [0.5, 0.6) is 0 Å². The number of rotatable bonds is 7. The second-order valence-corrected chi connectivity index (χ2v) is 8.47. The zero-order chi connectivity index (χ0) is 24.9. The molecule has 0 saturated carbocycles. The first-order chi connectivity index (χ1) is 16.8. The minimum absolute atomic E-state index is 0.199. The van der Waals surface area contributed by atoms with Crippen LogP contribution < -0.4 is 11.1 Å². The van der Waals surface area contributed by atoms with Gasteiger partial charge in [0.1, 0.15) is 5.82 Å². The molecule has 1 aromatic heterocycles. The minimum atomic E-state index is -1.15. The number of hydrogen-bond acceptors (Lipinski definition) is 5. The van der Waals surface area contributed by atoms with E-state index in [1.54, 1.807) is 41.4 Å². The van der Waals surface area contributed by atoms with Crippen LogP contribution in [0.2, 0.25) is 0 Å². The topological polar surface area (TPSA) is 126 Å². The van der Waals surface area contributed by atoms with Crippen LogP contribution in [0.25, 0.3) is 0 Å². The summed E-state index contributed by atoms with van der Waals surface area (Å²) in [5.41, 5.74) is 8.97. The number of aromatic nitrogens is 1. The lowest BCUT2D eigenvalue weighted by Crippen LogP contribution is -2.44. The number of hydrogen-bond donors (Lipinski definition) is 3. The number of likely N-dealkylation sites (tertiary alicyclic amines) is 1. The van der Waals surface area contributed by atoms with Crippen LogP contribution >= 0.6 is 0 Å². The maximum Gasteiger partial charge on any atom is 0.409 e. The zero-order valence-electron chi connectivity index (χ0n) is 18.9. The normalized spacial score (nSPS) is 16.1. The molecule has 2 aromatic carbocycles. The standard InChI is InChI=1S/C26H25FN4O4/c27-20-7-5-17(6-8-20)24(32)19-13-18(14-29-15-19)23-2-1-11-31(23)25(33)22(28)12-16-3-9-21(10-4-16)30-26(34)35/h3-10,13-15,22-23,30H,1-2,11-12,28H2,(H,34,35)/t22-,23-/m0/s1. The number of nitrogens with two attached hydrogens (primary N) is 1. The van der Waals surface area contributed by atoms with Crippen molar-refractivity contribution in [3.05, 3.63) is 95.1 Å². The number of carbonyl (C=O) groups excluding carboxylic acids is 2. The quantitative estimate of drug-likeness (QED) is 0.446. The van der Waals surface area contributed by atoms with Crippen LogP contribution in [-0.2, 0) is 11.2 Å². The predicted molar refractivity (Wildman–Crippen MR) is 128 cm³/mol. The molecule has 0 radical (unpaired) electrons. The van der Waals surface area contributed by atoms with Crippen LogP contribution in [0.1, 0.15) is 45.9 Å². The molecule has 4 rings (SSSR count). The van der Waals surface area contributed by atoms with E-state index in [9.17, 15) is 18.8 Å². The fraction of sp³-hybridized carbons (Fsp3) is 0.231. The number of carboxylic acid groups (broad SMARTS) is 1. The molecule has 1 saturated heterocycles. The van der Waals surface area contributed by atoms with Crippen molar-refractivity contribution >= 4 is 23.5 Å². The Hall–Kier alpha value is -4.11. The number of amides is 2. The van der Waals surface area contributed by atoms with Crippen molar-refractivity contribution in [2.24, 2.45) is 5.73 Å². The summed E-state index contributed by atoms with van der Waals surface area (Å²) >= 11 is 0. The molecule has 180 valence electrons. The number of pyridine rings is 1. The third-order valence-electron chi connectivity index (χ3n) is 6.03. The molecule has 2 atom stereocenters. The Morgan fingerprint density at radius 3 is 2.49 bits per heavy atom. The molecule has 3 aromatic rings. The molecule has 2 heterocycles. The highest BCUT2D eigenvalue weighted by atomic mass is 19.1. The Bertz CT molecular complexity index is 1230. The van der Waals surface area contributed by atoms with Gasteiger partial charge in [-0.05, 0) is 72.9 Å². The second kappa shape index (κ2) is 10.4. The average Bonchev–Trinajstić information content (AvgIpc) is 3.34. The van der Waals surface area contributed by atoms with E-state index in [0.717, 1.165) is 24.0 Å². The summed E-state index contributed by atoms with van der Waals surface area (Å²) in [5.74, 6) is -0.888. The highest BCUT2D eigenvalue weighted by molar-refractivity contribution is 6.08. The molecule has 1 fully saturated rings. The van der Waals surface area contributed by atoms with E-state index in [4.69, 9.17) is 10.8 Å². The molecular weight excluding hydrogens is 451 g/mol. The van der Waals surface area contributed by atoms with Gasteiger partial charge >= 0.3 is 6.09 Å². The van der Waals surface area contributed by atoms with Crippen LogP contribution in [0, 0.1) is 5.82 Å². The Labute approximate surface area is 201 Å². The molecule has 1 aliphatic heterocycles. The average molecular weight is 477 g/mol. The van der Waals surface area contributed by atoms with Crippen molar-refractivity contribution in [2.45, 2.75) is 31.3 Å². The largest absolute Gasteiger partial charge is 0.465 e. The van der Waals surface area contributed by atoms with Crippen molar-refractivity contribution in [2.75, 3.05) is 11.9 Å². The number of anilines is 1. The van der Waals surface area contributed by atoms with Crippen molar-refractivity contribution < 1.29 is 23.9 Å². The Kier molecular flexibility index (Phi) is 7.17. The summed E-state index contributed by atoms with van der Waals surface area (Å²) in [5, 5.41) is 11.1. The highest BCUT2D eigenvalue weighted by Crippen LogP contribution is 2.33. The van der Waals surface area contributed by atoms with Crippen LogP contribution in [-0.4, -0.2) is 45.4 Å². The molecule has 8 nitrogen and oxygen atoms in total. The number of benzene rings is 2. The molecule has 4 N–H and O–H groups in total. The third kappa shape index (κ3) is 5.70. The SMILES string of the molecule is N[C@@H](Cc1ccc(NC(=O)O)cc1)C(=O)N1CCC[C@H]1c1cncc(C(=O)c2ccc(F)cc2)c1. The summed E-state index contributed by atoms with van der Waals surface area (Å²) in [7, 11) is 0. The van der Waals surface area contributed by atoms with Crippen LogP contribution in [0.4, 0.5) is 14.9 Å². The van der Waals surface area contributed by atoms with Gasteiger partial charge in [-0.15, -0.1) is 0 Å². The lowest BCUT2D eigenvalue weighted by atomic mass is 9.99. The Morgan fingerprint density at radius 1 is 1.09 bits per heavy atom. The van der Waals surface area contributed by atoms with Gasteiger partial charge in [-0.3, -0.25) is 19.9 Å². The van der Waals surface area contributed by atoms with E-state index in [1.807, 2.05) is 0 Å². The first-order valence-electron chi connectivity index (χ1n) is 11.2. The van der Waals surface area contributed by atoms with Crippen molar-refractivity contribution in [3.8, 4) is 0 Å². The summed E-state index contributed by atoms with van der Waals surface area (Å²) in [6, 6.07) is 12.7. The van der Waals surface area contributed by atoms with Gasteiger partial charge in [-0.1, -0.05) is 12.1 Å². The maximum atomic E-state index is 13.2. The minimum Gasteiger partial charge on any atom is -0.465 e. The van der Waals surface area contributed by atoms with Crippen molar-refractivity contribution in [1.29, 1.82) is 0 Å². The number of nitrogens with one attached hydrogen (secondary N) is 1. The number of ketones is 1. The van der Waals surface area contributed by atoms with E-state index < -0.39 is 18.0 Å². The van der Waals surface area contributed by atoms with E-state index in [0.29, 0.717) is 29.8 Å². The molecule has 9 heteroatoms. The van der Waals surface area contributed by atoms with Gasteiger partial charge < -0.3 is 15.7 Å². The molecule has 2 amide bonds. The van der Waals surface area contributed by atoms with Gasteiger partial charge in [-0.25, -0.2) is 9.18 Å². The smallest absolute Gasteiger partial charge is 0.409 e. The number of halogens is 1. The van der Waals surface area contributed by atoms with Gasteiger partial charge in [0.15, 0.2) is 5.78 Å². The fourth-order valence-corrected chi connectivity index (χ4v) is 4.31. The van der Waals surface area contributed by atoms with Crippen LogP contribution in [0.15, 0.2) is 67.0 Å². The molecule has 0 bridgehead atoms. The third-order valence-corrected chi connectivity index (χ3v) is 6.03. The fourth-order valence-electron chi connectivity index (χ4n) is 4.31. The number of carbonyl (C=O) groups is 3. The summed E-state index contributed by atoms with van der Waals surface area (Å²) in [6.07, 6.45) is 3.79. The first kappa shape index (κ1) is 24.0. The lowest BCUT2D eigenvalue weighted by molar-refractivity contribution is -0.133. The molecule has 0 unspecified atom stereocenters.